The van der Waals surface area contributed by atoms with Crippen LogP contribution in [0.5, 0.6) is 0 Å². The smallest absolute Gasteiger partial charge is 0.331 e. The monoisotopic (exact) mass is 270 g/mol. The van der Waals surface area contributed by atoms with Gasteiger partial charge in [0.1, 0.15) is 12.2 Å². The van der Waals surface area contributed by atoms with Gasteiger partial charge in [-0.25, -0.2) is 4.79 Å². The van der Waals surface area contributed by atoms with Crippen LogP contribution in [-0.4, -0.2) is 34.3 Å². The molecule has 0 bridgehead atoms. The van der Waals surface area contributed by atoms with Gasteiger partial charge < -0.3 is 14.9 Å². The fraction of sp³-hybridized carbons (Fsp3) is 0.308. The van der Waals surface area contributed by atoms with E-state index < -0.39 is 30.2 Å². The Bertz CT molecular complexity index is 487. The third-order valence-corrected chi connectivity index (χ3v) is 2.84. The van der Waals surface area contributed by atoms with Crippen LogP contribution in [0.3, 0.4) is 0 Å². The summed E-state index contributed by atoms with van der Waals surface area (Å²) in [6.45, 7) is 0. The number of aliphatic hydroxyl groups excluding tert-OH is 2. The summed E-state index contributed by atoms with van der Waals surface area (Å²) in [6.07, 6.45) is -4.65. The maximum atomic E-state index is 13.5. The van der Waals surface area contributed by atoms with Crippen LogP contribution in [0.15, 0.2) is 42.5 Å². The van der Waals surface area contributed by atoms with Gasteiger partial charge in [0.05, 0.1) is 0 Å². The zero-order valence-corrected chi connectivity index (χ0v) is 9.74. The van der Waals surface area contributed by atoms with E-state index in [1.165, 1.54) is 12.1 Å². The largest absolute Gasteiger partial charge is 0.449 e. The molecule has 1 aromatic carbocycles. The molecule has 102 valence electrons. The first-order chi connectivity index (χ1) is 8.92. The van der Waals surface area contributed by atoms with Crippen molar-refractivity contribution in [1.82, 2.24) is 0 Å². The standard InChI is InChI=1S/C13H12F2O4/c14-13(15)7-6-9(16)19-12(13)11(18)10(17)8-4-2-1-3-5-8/h1-7,10-12,17-18H/t10-,11+,12-/m1/s1. The van der Waals surface area contributed by atoms with Crippen LogP contribution < -0.4 is 0 Å². The van der Waals surface area contributed by atoms with Crippen molar-refractivity contribution >= 4 is 5.97 Å². The number of cyclic esters (lactones) is 1. The number of halogens is 2. The minimum Gasteiger partial charge on any atom is -0.449 e. The van der Waals surface area contributed by atoms with Crippen molar-refractivity contribution in [2.24, 2.45) is 0 Å². The Hall–Kier alpha value is -1.79. The van der Waals surface area contributed by atoms with Crippen molar-refractivity contribution in [3.8, 4) is 0 Å². The van der Waals surface area contributed by atoms with Crippen molar-refractivity contribution in [2.45, 2.75) is 24.2 Å². The minimum absolute atomic E-state index is 0.261. The number of carbonyl (C=O) groups is 1. The molecule has 0 aliphatic carbocycles. The number of ether oxygens (including phenoxy) is 1. The average molecular weight is 270 g/mol. The van der Waals surface area contributed by atoms with E-state index >= 15 is 0 Å². The molecule has 4 nitrogen and oxygen atoms in total. The molecule has 0 aromatic heterocycles. The zero-order chi connectivity index (χ0) is 14.0. The number of aliphatic hydroxyl groups is 2. The number of benzene rings is 1. The molecule has 0 radical (unpaired) electrons. The molecule has 1 aromatic rings. The van der Waals surface area contributed by atoms with Gasteiger partial charge in [-0.2, -0.15) is 8.78 Å². The highest BCUT2D eigenvalue weighted by atomic mass is 19.3. The van der Waals surface area contributed by atoms with Gasteiger partial charge in [-0.15, -0.1) is 0 Å². The lowest BCUT2D eigenvalue weighted by Gasteiger charge is -2.32. The Morgan fingerprint density at radius 1 is 1.21 bits per heavy atom. The highest BCUT2D eigenvalue weighted by Crippen LogP contribution is 2.33. The molecular formula is C13H12F2O4. The van der Waals surface area contributed by atoms with Crippen molar-refractivity contribution in [1.29, 1.82) is 0 Å². The molecule has 6 heteroatoms. The third kappa shape index (κ3) is 2.80. The Morgan fingerprint density at radius 3 is 2.47 bits per heavy atom. The molecule has 0 fully saturated rings. The summed E-state index contributed by atoms with van der Waals surface area (Å²) in [5.41, 5.74) is 0.261. The van der Waals surface area contributed by atoms with E-state index in [0.717, 1.165) is 0 Å². The molecule has 0 unspecified atom stereocenters. The fourth-order valence-corrected chi connectivity index (χ4v) is 1.83. The van der Waals surface area contributed by atoms with Crippen LogP contribution in [0.1, 0.15) is 11.7 Å². The second-order valence-electron chi connectivity index (χ2n) is 4.21. The first-order valence-corrected chi connectivity index (χ1v) is 5.60. The minimum atomic E-state index is -3.52. The predicted molar refractivity (Wildman–Crippen MR) is 61.4 cm³/mol. The first-order valence-electron chi connectivity index (χ1n) is 5.60. The highest BCUT2D eigenvalue weighted by Gasteiger charge is 2.49. The Labute approximate surface area is 107 Å². The quantitative estimate of drug-likeness (QED) is 0.810. The molecule has 2 N–H and O–H groups in total. The van der Waals surface area contributed by atoms with Gasteiger partial charge in [0.15, 0.2) is 6.10 Å². The third-order valence-electron chi connectivity index (χ3n) is 2.84. The second kappa shape index (κ2) is 5.07. The molecule has 0 spiro atoms. The van der Waals surface area contributed by atoms with Crippen molar-refractivity contribution in [3.63, 3.8) is 0 Å². The Kier molecular flexibility index (Phi) is 3.64. The number of alkyl halides is 2. The molecule has 0 saturated carbocycles. The van der Waals surface area contributed by atoms with Gasteiger partial charge >= 0.3 is 11.9 Å². The SMILES string of the molecule is O=C1C=CC(F)(F)[C@@H]([C@@H](O)[C@H](O)c2ccccc2)O1. The van der Waals surface area contributed by atoms with Crippen LogP contribution in [0, 0.1) is 0 Å². The van der Waals surface area contributed by atoms with Crippen LogP contribution in [-0.2, 0) is 9.53 Å². The van der Waals surface area contributed by atoms with Crippen molar-refractivity contribution in [2.75, 3.05) is 0 Å². The predicted octanol–water partition coefficient (Wildman–Crippen LogP) is 1.20. The molecule has 1 aliphatic heterocycles. The van der Waals surface area contributed by atoms with E-state index in [2.05, 4.69) is 4.74 Å². The van der Waals surface area contributed by atoms with Gasteiger partial charge in [-0.1, -0.05) is 30.3 Å². The highest BCUT2D eigenvalue weighted by molar-refractivity contribution is 5.83. The Balaban J connectivity index is 2.21. The topological polar surface area (TPSA) is 66.8 Å². The molecule has 1 heterocycles. The molecule has 19 heavy (non-hydrogen) atoms. The molecule has 0 amide bonds. The van der Waals surface area contributed by atoms with Crippen LogP contribution in [0.4, 0.5) is 8.78 Å². The van der Waals surface area contributed by atoms with Crippen LogP contribution in [0.25, 0.3) is 0 Å². The number of hydrogen-bond donors (Lipinski definition) is 2. The van der Waals surface area contributed by atoms with E-state index in [1.807, 2.05) is 0 Å². The summed E-state index contributed by atoms with van der Waals surface area (Å²) in [5, 5.41) is 19.7. The summed E-state index contributed by atoms with van der Waals surface area (Å²) in [5.74, 6) is -4.50. The first kappa shape index (κ1) is 13.6. The number of hydrogen-bond acceptors (Lipinski definition) is 4. The number of carbonyl (C=O) groups excluding carboxylic acids is 1. The van der Waals surface area contributed by atoms with E-state index in [1.54, 1.807) is 18.2 Å². The molecule has 3 atom stereocenters. The normalized spacial score (nSPS) is 24.6. The average Bonchev–Trinajstić information content (AvgIpc) is 2.41. The van der Waals surface area contributed by atoms with Crippen molar-refractivity contribution in [3.05, 3.63) is 48.0 Å². The van der Waals surface area contributed by atoms with Gasteiger partial charge in [0, 0.05) is 6.08 Å². The van der Waals surface area contributed by atoms with Crippen LogP contribution in [0.2, 0.25) is 0 Å². The summed E-state index contributed by atoms with van der Waals surface area (Å²) >= 11 is 0. The fourth-order valence-electron chi connectivity index (χ4n) is 1.83. The summed E-state index contributed by atoms with van der Waals surface area (Å²) in [7, 11) is 0. The molecule has 2 rings (SSSR count). The Morgan fingerprint density at radius 2 is 1.84 bits per heavy atom. The lowest BCUT2D eigenvalue weighted by Crippen LogP contribution is -2.49. The van der Waals surface area contributed by atoms with Gasteiger partial charge in [0.25, 0.3) is 0 Å². The maximum absolute atomic E-state index is 13.5. The molecule has 0 saturated heterocycles. The zero-order valence-electron chi connectivity index (χ0n) is 9.74. The summed E-state index contributed by atoms with van der Waals surface area (Å²) in [6, 6.07) is 7.83. The van der Waals surface area contributed by atoms with Gasteiger partial charge in [0.2, 0.25) is 0 Å². The van der Waals surface area contributed by atoms with Gasteiger partial charge in [-0.3, -0.25) is 0 Å². The maximum Gasteiger partial charge on any atom is 0.331 e. The van der Waals surface area contributed by atoms with E-state index in [0.29, 0.717) is 12.2 Å². The van der Waals surface area contributed by atoms with Crippen molar-refractivity contribution < 1.29 is 28.5 Å². The lowest BCUT2D eigenvalue weighted by atomic mass is 9.95. The van der Waals surface area contributed by atoms with Crippen LogP contribution >= 0.6 is 0 Å². The summed E-state index contributed by atoms with van der Waals surface area (Å²) < 4.78 is 31.5. The van der Waals surface area contributed by atoms with E-state index in [-0.39, 0.29) is 5.56 Å². The van der Waals surface area contributed by atoms with E-state index in [4.69, 9.17) is 0 Å². The van der Waals surface area contributed by atoms with Gasteiger partial charge in [-0.05, 0) is 11.6 Å². The molecule has 1 aliphatic rings. The number of rotatable bonds is 3. The number of esters is 1. The van der Waals surface area contributed by atoms with E-state index in [9.17, 15) is 23.8 Å². The second-order valence-corrected chi connectivity index (χ2v) is 4.21. The molecular weight excluding hydrogens is 258 g/mol. The summed E-state index contributed by atoms with van der Waals surface area (Å²) in [4.78, 5) is 11.0. The lowest BCUT2D eigenvalue weighted by molar-refractivity contribution is -0.192.